The summed E-state index contributed by atoms with van der Waals surface area (Å²) >= 11 is 0. The molecule has 1 aliphatic heterocycles. The summed E-state index contributed by atoms with van der Waals surface area (Å²) in [5.41, 5.74) is 1.19. The standard InChI is InChI=1S/C19H24N2O4/c1-25-13-19(18(23)24)9-4-10-21(12-19)17(22)8-7-14-11-20-16-6-3-2-5-15(14)16/h2-3,5-6,11,20H,4,7-10,12-13H2,1H3,(H,23,24). The molecule has 6 heteroatoms. The van der Waals surface area contributed by atoms with Crippen LogP contribution in [0.2, 0.25) is 0 Å². The highest BCUT2D eigenvalue weighted by Crippen LogP contribution is 2.31. The Kier molecular flexibility index (Phi) is 5.08. The van der Waals surface area contributed by atoms with Gasteiger partial charge in [0.15, 0.2) is 0 Å². The van der Waals surface area contributed by atoms with Gasteiger partial charge in [-0.15, -0.1) is 0 Å². The summed E-state index contributed by atoms with van der Waals surface area (Å²) in [6.45, 7) is 0.975. The maximum absolute atomic E-state index is 12.6. The van der Waals surface area contributed by atoms with Crippen molar-refractivity contribution < 1.29 is 19.4 Å². The maximum Gasteiger partial charge on any atom is 0.313 e. The fraction of sp³-hybridized carbons (Fsp3) is 0.474. The number of H-pyrrole nitrogens is 1. The molecule has 1 aromatic heterocycles. The quantitative estimate of drug-likeness (QED) is 0.843. The van der Waals surface area contributed by atoms with Crippen molar-refractivity contribution in [2.45, 2.75) is 25.7 Å². The van der Waals surface area contributed by atoms with Crippen LogP contribution < -0.4 is 0 Å². The lowest BCUT2D eigenvalue weighted by Gasteiger charge is -2.39. The number of nitrogens with zero attached hydrogens (tertiary/aromatic N) is 1. The van der Waals surface area contributed by atoms with E-state index in [4.69, 9.17) is 4.74 Å². The summed E-state index contributed by atoms with van der Waals surface area (Å²) in [4.78, 5) is 29.2. The molecule has 1 aliphatic rings. The molecule has 3 rings (SSSR count). The Labute approximate surface area is 146 Å². The zero-order chi connectivity index (χ0) is 17.9. The van der Waals surface area contributed by atoms with Crippen LogP contribution in [0.5, 0.6) is 0 Å². The van der Waals surface area contributed by atoms with Gasteiger partial charge in [0.1, 0.15) is 5.41 Å². The zero-order valence-corrected chi connectivity index (χ0v) is 14.5. The highest BCUT2D eigenvalue weighted by molar-refractivity contribution is 5.84. The molecule has 0 radical (unpaired) electrons. The Bertz CT molecular complexity index is 766. The number of likely N-dealkylation sites (tertiary alicyclic amines) is 1. The molecule has 134 valence electrons. The SMILES string of the molecule is COCC1(C(=O)O)CCCN(C(=O)CCc2c[nH]c3ccccc23)C1. The van der Waals surface area contributed by atoms with Gasteiger partial charge < -0.3 is 19.7 Å². The number of para-hydroxylation sites is 1. The number of aliphatic carboxylic acids is 1. The normalized spacial score (nSPS) is 20.8. The van der Waals surface area contributed by atoms with Crippen LogP contribution in [-0.4, -0.2) is 53.7 Å². The van der Waals surface area contributed by atoms with E-state index in [2.05, 4.69) is 4.98 Å². The van der Waals surface area contributed by atoms with Crippen LogP contribution in [-0.2, 0) is 20.7 Å². The number of hydrogen-bond donors (Lipinski definition) is 2. The number of carbonyl (C=O) groups excluding carboxylic acids is 1. The van der Waals surface area contributed by atoms with Crippen molar-refractivity contribution in [2.75, 3.05) is 26.8 Å². The number of aryl methyl sites for hydroxylation is 1. The van der Waals surface area contributed by atoms with E-state index in [1.807, 2.05) is 30.5 Å². The summed E-state index contributed by atoms with van der Waals surface area (Å²) in [5, 5.41) is 10.7. The van der Waals surface area contributed by atoms with Gasteiger partial charge >= 0.3 is 5.97 Å². The predicted octanol–water partition coefficient (Wildman–Crippen LogP) is 2.44. The van der Waals surface area contributed by atoms with Gasteiger partial charge in [-0.2, -0.15) is 0 Å². The highest BCUT2D eigenvalue weighted by atomic mass is 16.5. The lowest BCUT2D eigenvalue weighted by atomic mass is 9.80. The lowest BCUT2D eigenvalue weighted by molar-refractivity contribution is -0.159. The smallest absolute Gasteiger partial charge is 0.313 e. The van der Waals surface area contributed by atoms with Gasteiger partial charge in [0.2, 0.25) is 5.91 Å². The summed E-state index contributed by atoms with van der Waals surface area (Å²) in [7, 11) is 1.50. The molecular formula is C19H24N2O4. The Morgan fingerprint density at radius 3 is 2.92 bits per heavy atom. The number of carboxylic acid groups (broad SMARTS) is 1. The van der Waals surface area contributed by atoms with E-state index in [0.29, 0.717) is 32.2 Å². The average molecular weight is 344 g/mol. The fourth-order valence-electron chi connectivity index (χ4n) is 3.71. The van der Waals surface area contributed by atoms with Gasteiger partial charge in [-0.1, -0.05) is 18.2 Å². The number of nitrogens with one attached hydrogen (secondary N) is 1. The largest absolute Gasteiger partial charge is 0.481 e. The summed E-state index contributed by atoms with van der Waals surface area (Å²) in [5.74, 6) is -0.879. The van der Waals surface area contributed by atoms with Crippen LogP contribution in [0.1, 0.15) is 24.8 Å². The van der Waals surface area contributed by atoms with Gasteiger partial charge in [0.05, 0.1) is 6.61 Å². The Morgan fingerprint density at radius 2 is 2.16 bits per heavy atom. The minimum absolute atomic E-state index is 0.00621. The van der Waals surface area contributed by atoms with Gasteiger partial charge in [-0.3, -0.25) is 9.59 Å². The molecule has 1 fully saturated rings. The number of piperidine rings is 1. The Balaban J connectivity index is 1.65. The van der Waals surface area contributed by atoms with Crippen molar-refractivity contribution >= 4 is 22.8 Å². The molecule has 0 saturated carbocycles. The first-order valence-corrected chi connectivity index (χ1v) is 8.61. The number of carbonyl (C=O) groups is 2. The van der Waals surface area contributed by atoms with E-state index < -0.39 is 11.4 Å². The van der Waals surface area contributed by atoms with Crippen molar-refractivity contribution in [2.24, 2.45) is 5.41 Å². The summed E-state index contributed by atoms with van der Waals surface area (Å²) in [6, 6.07) is 8.01. The first-order chi connectivity index (χ1) is 12.1. The number of benzene rings is 1. The first-order valence-electron chi connectivity index (χ1n) is 8.61. The third kappa shape index (κ3) is 3.54. The van der Waals surface area contributed by atoms with Crippen LogP contribution >= 0.6 is 0 Å². The van der Waals surface area contributed by atoms with Crippen molar-refractivity contribution in [1.82, 2.24) is 9.88 Å². The molecule has 1 saturated heterocycles. The minimum Gasteiger partial charge on any atom is -0.481 e. The van der Waals surface area contributed by atoms with E-state index in [1.165, 1.54) is 7.11 Å². The van der Waals surface area contributed by atoms with E-state index in [0.717, 1.165) is 16.5 Å². The number of rotatable bonds is 6. The average Bonchev–Trinajstić information content (AvgIpc) is 3.03. The minimum atomic E-state index is -0.983. The topological polar surface area (TPSA) is 82.6 Å². The van der Waals surface area contributed by atoms with Crippen molar-refractivity contribution in [3.05, 3.63) is 36.0 Å². The second kappa shape index (κ2) is 7.27. The van der Waals surface area contributed by atoms with E-state index in [1.54, 1.807) is 4.90 Å². The number of aromatic amines is 1. The van der Waals surface area contributed by atoms with Gasteiger partial charge in [0, 0.05) is 43.7 Å². The molecular weight excluding hydrogens is 320 g/mol. The van der Waals surface area contributed by atoms with Gasteiger partial charge in [-0.05, 0) is 30.9 Å². The molecule has 2 N–H and O–H groups in total. The second-order valence-electron chi connectivity index (χ2n) is 6.80. The maximum atomic E-state index is 12.6. The summed E-state index contributed by atoms with van der Waals surface area (Å²) in [6.07, 6.45) is 4.20. The third-order valence-electron chi connectivity index (χ3n) is 5.09. The van der Waals surface area contributed by atoms with Crippen LogP contribution in [0, 0.1) is 5.41 Å². The molecule has 1 unspecified atom stereocenters. The van der Waals surface area contributed by atoms with Crippen molar-refractivity contribution in [1.29, 1.82) is 0 Å². The molecule has 0 aliphatic carbocycles. The van der Waals surface area contributed by atoms with Crippen LogP contribution in [0.25, 0.3) is 10.9 Å². The molecule has 0 bridgehead atoms. The molecule has 25 heavy (non-hydrogen) atoms. The number of hydrogen-bond acceptors (Lipinski definition) is 3. The molecule has 6 nitrogen and oxygen atoms in total. The number of aromatic nitrogens is 1. The molecule has 0 spiro atoms. The monoisotopic (exact) mass is 344 g/mol. The van der Waals surface area contributed by atoms with Gasteiger partial charge in [-0.25, -0.2) is 0 Å². The lowest BCUT2D eigenvalue weighted by Crippen LogP contribution is -2.52. The van der Waals surface area contributed by atoms with E-state index in [9.17, 15) is 14.7 Å². The Hall–Kier alpha value is -2.34. The number of ether oxygens (including phenoxy) is 1. The number of carboxylic acids is 1. The molecule has 1 aromatic carbocycles. The fourth-order valence-corrected chi connectivity index (χ4v) is 3.71. The van der Waals surface area contributed by atoms with Gasteiger partial charge in [0.25, 0.3) is 0 Å². The molecule has 1 amide bonds. The zero-order valence-electron chi connectivity index (χ0n) is 14.5. The highest BCUT2D eigenvalue weighted by Gasteiger charge is 2.43. The van der Waals surface area contributed by atoms with Crippen LogP contribution in [0.15, 0.2) is 30.5 Å². The van der Waals surface area contributed by atoms with E-state index in [-0.39, 0.29) is 19.1 Å². The molecule has 2 aromatic rings. The molecule has 1 atom stereocenters. The number of methoxy groups -OCH3 is 1. The number of fused-ring (bicyclic) bond motifs is 1. The second-order valence-corrected chi connectivity index (χ2v) is 6.80. The Morgan fingerprint density at radius 1 is 1.36 bits per heavy atom. The van der Waals surface area contributed by atoms with E-state index >= 15 is 0 Å². The summed E-state index contributed by atoms with van der Waals surface area (Å²) < 4.78 is 5.12. The van der Waals surface area contributed by atoms with Crippen LogP contribution in [0.4, 0.5) is 0 Å². The predicted molar refractivity (Wildman–Crippen MR) is 94.4 cm³/mol. The van der Waals surface area contributed by atoms with Crippen molar-refractivity contribution in [3.8, 4) is 0 Å². The first kappa shape index (κ1) is 17.5. The van der Waals surface area contributed by atoms with Crippen molar-refractivity contribution in [3.63, 3.8) is 0 Å². The molecule has 2 heterocycles. The third-order valence-corrected chi connectivity index (χ3v) is 5.09. The van der Waals surface area contributed by atoms with Crippen LogP contribution in [0.3, 0.4) is 0 Å². The number of amides is 1.